The van der Waals surface area contributed by atoms with Gasteiger partial charge in [-0.3, -0.25) is 9.59 Å². The average Bonchev–Trinajstić information content (AvgIpc) is 3.58. The molecule has 0 aliphatic carbocycles. The van der Waals surface area contributed by atoms with Crippen molar-refractivity contribution in [1.29, 1.82) is 0 Å². The number of carbonyl (C=O) groups is 2. The number of hydrogen-bond acceptors (Lipinski definition) is 4. The molecule has 0 aliphatic heterocycles. The summed E-state index contributed by atoms with van der Waals surface area (Å²) in [7, 11) is 0. The van der Waals surface area contributed by atoms with Crippen LogP contribution < -0.4 is 10.6 Å². The zero-order chi connectivity index (χ0) is 31.0. The van der Waals surface area contributed by atoms with Gasteiger partial charge in [0.25, 0.3) is 0 Å². The SMILES string of the molecule is CC(C)(C)C(=O)NCCc1nccn1Cc1cccc(CC(C)(C)C(=O)NCCc2nccn2Cc2ccccc2Cl)c1. The number of carbonyl (C=O) groups excluding carboxylic acids is 2. The number of benzene rings is 2. The lowest BCUT2D eigenvalue weighted by molar-refractivity contribution is -0.129. The molecule has 2 heterocycles. The van der Waals surface area contributed by atoms with E-state index in [9.17, 15) is 9.59 Å². The molecule has 0 fully saturated rings. The Kier molecular flexibility index (Phi) is 10.5. The molecule has 8 nitrogen and oxygen atoms in total. The topological polar surface area (TPSA) is 93.8 Å². The zero-order valence-electron chi connectivity index (χ0n) is 25.9. The Bertz CT molecular complexity index is 1530. The lowest BCUT2D eigenvalue weighted by Gasteiger charge is -2.24. The Balaban J connectivity index is 1.29. The summed E-state index contributed by atoms with van der Waals surface area (Å²) in [4.78, 5) is 34.4. The summed E-state index contributed by atoms with van der Waals surface area (Å²) in [6, 6.07) is 16.1. The Labute approximate surface area is 259 Å². The van der Waals surface area contributed by atoms with Crippen LogP contribution in [0.2, 0.25) is 5.02 Å². The fourth-order valence-corrected chi connectivity index (χ4v) is 5.14. The summed E-state index contributed by atoms with van der Waals surface area (Å²) in [5, 5.41) is 6.84. The minimum Gasteiger partial charge on any atom is -0.355 e. The highest BCUT2D eigenvalue weighted by molar-refractivity contribution is 6.31. The van der Waals surface area contributed by atoms with Gasteiger partial charge in [-0.1, -0.05) is 88.7 Å². The number of rotatable bonds is 13. The average molecular weight is 603 g/mol. The van der Waals surface area contributed by atoms with Gasteiger partial charge in [-0.25, -0.2) is 9.97 Å². The van der Waals surface area contributed by atoms with E-state index in [-0.39, 0.29) is 11.8 Å². The maximum atomic E-state index is 13.2. The number of aromatic nitrogens is 4. The van der Waals surface area contributed by atoms with Gasteiger partial charge in [0.2, 0.25) is 11.8 Å². The van der Waals surface area contributed by atoms with E-state index >= 15 is 0 Å². The van der Waals surface area contributed by atoms with Crippen LogP contribution in [0.15, 0.2) is 73.3 Å². The quantitative estimate of drug-likeness (QED) is 0.212. The maximum absolute atomic E-state index is 13.2. The summed E-state index contributed by atoms with van der Waals surface area (Å²) >= 11 is 6.34. The lowest BCUT2D eigenvalue weighted by atomic mass is 9.84. The first-order chi connectivity index (χ1) is 20.4. The first kappa shape index (κ1) is 32.0. The normalized spacial score (nSPS) is 11.9. The van der Waals surface area contributed by atoms with Crippen LogP contribution in [0, 0.1) is 10.8 Å². The molecule has 4 aromatic rings. The summed E-state index contributed by atoms with van der Waals surface area (Å²) in [6.07, 6.45) is 9.37. The predicted molar refractivity (Wildman–Crippen MR) is 171 cm³/mol. The van der Waals surface area contributed by atoms with Crippen LogP contribution in [0.25, 0.3) is 0 Å². The van der Waals surface area contributed by atoms with Crippen molar-refractivity contribution >= 4 is 23.4 Å². The van der Waals surface area contributed by atoms with E-state index in [1.807, 2.05) is 77.3 Å². The second-order valence-electron chi connectivity index (χ2n) is 12.7. The molecule has 0 bridgehead atoms. The van der Waals surface area contributed by atoms with Gasteiger partial charge in [-0.05, 0) is 29.2 Å². The highest BCUT2D eigenvalue weighted by Gasteiger charge is 2.28. The number of nitrogens with one attached hydrogen (secondary N) is 2. The van der Waals surface area contributed by atoms with Gasteiger partial charge in [0.1, 0.15) is 11.6 Å². The van der Waals surface area contributed by atoms with Crippen molar-refractivity contribution < 1.29 is 9.59 Å². The van der Waals surface area contributed by atoms with Crippen LogP contribution in [0.4, 0.5) is 0 Å². The van der Waals surface area contributed by atoms with Crippen molar-refractivity contribution in [3.05, 3.63) is 107 Å². The largest absolute Gasteiger partial charge is 0.355 e. The van der Waals surface area contributed by atoms with Crippen molar-refractivity contribution in [3.8, 4) is 0 Å². The van der Waals surface area contributed by atoms with E-state index in [2.05, 4.69) is 47.9 Å². The number of amides is 2. The summed E-state index contributed by atoms with van der Waals surface area (Å²) in [5.41, 5.74) is 2.27. The van der Waals surface area contributed by atoms with Crippen LogP contribution in [-0.4, -0.2) is 44.0 Å². The summed E-state index contributed by atoms with van der Waals surface area (Å²) in [5.74, 6) is 1.87. The molecule has 0 atom stereocenters. The molecule has 0 aliphatic rings. The van der Waals surface area contributed by atoms with Crippen LogP contribution in [0.3, 0.4) is 0 Å². The van der Waals surface area contributed by atoms with E-state index < -0.39 is 10.8 Å². The van der Waals surface area contributed by atoms with Crippen molar-refractivity contribution in [3.63, 3.8) is 0 Å². The van der Waals surface area contributed by atoms with E-state index in [1.165, 1.54) is 0 Å². The van der Waals surface area contributed by atoms with Gasteiger partial charge in [0.05, 0.1) is 6.54 Å². The second kappa shape index (κ2) is 14.0. The predicted octanol–water partition coefficient (Wildman–Crippen LogP) is 5.46. The Hall–Kier alpha value is -3.91. The van der Waals surface area contributed by atoms with Crippen molar-refractivity contribution in [2.45, 2.75) is 67.0 Å². The second-order valence-corrected chi connectivity index (χ2v) is 13.1. The van der Waals surface area contributed by atoms with Crippen LogP contribution in [0.1, 0.15) is 63.0 Å². The fraction of sp³-hybridized carbons (Fsp3) is 0.412. The summed E-state index contributed by atoms with van der Waals surface area (Å²) < 4.78 is 4.17. The number of imidazole rings is 2. The van der Waals surface area contributed by atoms with E-state index in [4.69, 9.17) is 11.6 Å². The number of nitrogens with zero attached hydrogens (tertiary/aromatic N) is 4. The van der Waals surface area contributed by atoms with Gasteiger partial charge in [-0.15, -0.1) is 0 Å². The first-order valence-electron chi connectivity index (χ1n) is 14.8. The highest BCUT2D eigenvalue weighted by atomic mass is 35.5. The Morgan fingerprint density at radius 3 is 1.98 bits per heavy atom. The molecule has 0 saturated heterocycles. The van der Waals surface area contributed by atoms with Gasteiger partial charge < -0.3 is 19.8 Å². The molecular formula is C34H43ClN6O2. The van der Waals surface area contributed by atoms with Crippen LogP contribution in [0.5, 0.6) is 0 Å². The van der Waals surface area contributed by atoms with Gasteiger partial charge in [-0.2, -0.15) is 0 Å². The fourth-order valence-electron chi connectivity index (χ4n) is 4.94. The first-order valence-corrected chi connectivity index (χ1v) is 15.2. The summed E-state index contributed by atoms with van der Waals surface area (Å²) in [6.45, 7) is 12.0. The minimum atomic E-state index is -0.586. The molecule has 0 saturated carbocycles. The molecule has 2 aromatic carbocycles. The third-order valence-electron chi connectivity index (χ3n) is 7.46. The third-order valence-corrected chi connectivity index (χ3v) is 7.83. The molecule has 2 amide bonds. The Morgan fingerprint density at radius 2 is 1.35 bits per heavy atom. The molecule has 2 N–H and O–H groups in total. The zero-order valence-corrected chi connectivity index (χ0v) is 26.6. The maximum Gasteiger partial charge on any atom is 0.226 e. The van der Waals surface area contributed by atoms with Crippen molar-refractivity contribution in [2.24, 2.45) is 10.8 Å². The Morgan fingerprint density at radius 1 is 0.767 bits per heavy atom. The molecule has 43 heavy (non-hydrogen) atoms. The molecule has 9 heteroatoms. The minimum absolute atomic E-state index is 0.0105. The molecule has 228 valence electrons. The smallest absolute Gasteiger partial charge is 0.226 e. The number of halogens is 1. The monoisotopic (exact) mass is 602 g/mol. The van der Waals surface area contributed by atoms with Gasteiger partial charge in [0.15, 0.2) is 0 Å². The standard InChI is InChI=1S/C34H43ClN6O2/c1-33(2,3)31(42)38-15-13-29-36-17-19-40(29)23-26-10-8-9-25(21-26)22-34(4,5)32(43)39-16-14-30-37-18-20-41(30)24-27-11-6-7-12-28(27)35/h6-12,17-21H,13-16,22-24H2,1-5H3,(H,38,42)(H,39,43). The number of hydrogen-bond donors (Lipinski definition) is 2. The molecular weight excluding hydrogens is 560 g/mol. The van der Waals surface area contributed by atoms with Crippen LogP contribution in [-0.2, 0) is 41.9 Å². The third kappa shape index (κ3) is 9.04. The molecule has 0 unspecified atom stereocenters. The van der Waals surface area contributed by atoms with Crippen molar-refractivity contribution in [2.75, 3.05) is 13.1 Å². The molecule has 2 aromatic heterocycles. The van der Waals surface area contributed by atoms with Gasteiger partial charge in [0, 0.05) is 73.1 Å². The van der Waals surface area contributed by atoms with E-state index in [1.54, 1.807) is 12.4 Å². The molecule has 0 spiro atoms. The van der Waals surface area contributed by atoms with E-state index in [0.717, 1.165) is 33.4 Å². The van der Waals surface area contributed by atoms with Crippen molar-refractivity contribution in [1.82, 2.24) is 29.7 Å². The highest BCUT2D eigenvalue weighted by Crippen LogP contribution is 2.23. The van der Waals surface area contributed by atoms with E-state index in [0.29, 0.717) is 45.4 Å². The van der Waals surface area contributed by atoms with Crippen LogP contribution >= 0.6 is 11.6 Å². The molecule has 4 rings (SSSR count). The molecule has 0 radical (unpaired) electrons. The van der Waals surface area contributed by atoms with Gasteiger partial charge >= 0.3 is 0 Å². The lowest BCUT2D eigenvalue weighted by Crippen LogP contribution is -2.39.